The lowest BCUT2D eigenvalue weighted by atomic mass is 9.87. The molecule has 2 aromatic carbocycles. The Hall–Kier alpha value is -3.04. The molecule has 0 aliphatic carbocycles. The van der Waals surface area contributed by atoms with Gasteiger partial charge in [-0.1, -0.05) is 68.4 Å². The van der Waals surface area contributed by atoms with Crippen LogP contribution in [0.4, 0.5) is 4.79 Å². The number of halogens is 1. The number of ether oxygens (including phenoxy) is 1. The van der Waals surface area contributed by atoms with Crippen molar-refractivity contribution in [2.24, 2.45) is 5.73 Å². The molecule has 3 amide bonds. The number of nitrogens with one attached hydrogen (secondary N) is 1. The van der Waals surface area contributed by atoms with E-state index >= 15 is 0 Å². The molecule has 0 fully saturated rings. The van der Waals surface area contributed by atoms with Crippen LogP contribution in [-0.2, 0) is 10.2 Å². The minimum atomic E-state index is -0.907. The van der Waals surface area contributed by atoms with Crippen molar-refractivity contribution in [2.45, 2.75) is 43.5 Å². The number of nitrogens with zero attached hydrogens (tertiary/aromatic N) is 3. The van der Waals surface area contributed by atoms with Crippen LogP contribution in [-0.4, -0.2) is 39.1 Å². The highest BCUT2D eigenvalue weighted by atomic mass is 35.5. The zero-order chi connectivity index (χ0) is 24.3. The molecule has 0 saturated heterocycles. The second-order valence-corrected chi connectivity index (χ2v) is 10.1. The molecule has 10 heteroatoms. The van der Waals surface area contributed by atoms with Gasteiger partial charge in [0.05, 0.1) is 23.1 Å². The summed E-state index contributed by atoms with van der Waals surface area (Å²) in [5.74, 6) is 0.598. The van der Waals surface area contributed by atoms with Crippen LogP contribution < -0.4 is 15.8 Å². The van der Waals surface area contributed by atoms with Crippen molar-refractivity contribution in [3.63, 3.8) is 0 Å². The van der Waals surface area contributed by atoms with Crippen LogP contribution in [0.3, 0.4) is 0 Å². The molecule has 1 atom stereocenters. The average Bonchev–Trinajstić information content (AvgIpc) is 3.16. The Labute approximate surface area is 201 Å². The Morgan fingerprint density at radius 2 is 1.82 bits per heavy atom. The van der Waals surface area contributed by atoms with Gasteiger partial charge in [-0.2, -0.15) is 0 Å². The van der Waals surface area contributed by atoms with E-state index in [0.29, 0.717) is 27.4 Å². The first-order valence-corrected chi connectivity index (χ1v) is 11.4. The molecule has 3 N–H and O–H groups in total. The minimum Gasteiger partial charge on any atom is -0.495 e. The molecule has 33 heavy (non-hydrogen) atoms. The van der Waals surface area contributed by atoms with Crippen molar-refractivity contribution < 1.29 is 14.3 Å². The second-order valence-electron chi connectivity index (χ2n) is 8.40. The summed E-state index contributed by atoms with van der Waals surface area (Å²) in [6.45, 7) is 8.10. The van der Waals surface area contributed by atoms with Gasteiger partial charge in [0.1, 0.15) is 5.75 Å². The van der Waals surface area contributed by atoms with Crippen LogP contribution in [0.5, 0.6) is 5.75 Å². The number of amides is 3. The number of carbonyl (C=O) groups is 2. The van der Waals surface area contributed by atoms with Gasteiger partial charge in [-0.05, 0) is 36.1 Å². The molecule has 0 aliphatic heterocycles. The summed E-state index contributed by atoms with van der Waals surface area (Å²) in [7, 11) is 1.54. The fraction of sp³-hybridized carbons (Fsp3) is 0.304. The van der Waals surface area contributed by atoms with Crippen LogP contribution in [0.15, 0.2) is 47.6 Å². The van der Waals surface area contributed by atoms with Crippen molar-refractivity contribution >= 4 is 35.3 Å². The van der Waals surface area contributed by atoms with Gasteiger partial charge in [0.2, 0.25) is 5.91 Å². The van der Waals surface area contributed by atoms with Crippen LogP contribution >= 0.6 is 23.4 Å². The Balaban J connectivity index is 2.08. The fourth-order valence-electron chi connectivity index (χ4n) is 3.11. The average molecular weight is 488 g/mol. The van der Waals surface area contributed by atoms with Crippen LogP contribution in [0.25, 0.3) is 17.1 Å². The van der Waals surface area contributed by atoms with Gasteiger partial charge in [0.15, 0.2) is 11.0 Å². The second kappa shape index (κ2) is 9.84. The standard InChI is InChI=1S/C23H26ClN5O3S/c1-13(20(30)26-21(25)31)33-22-28-27-19(14-6-8-15(9-7-14)23(2,3)4)29(22)16-10-11-18(32-5)17(24)12-16/h6-13H,1-5H3,(H3,25,26,30,31). The molecule has 174 valence electrons. The Kier molecular flexibility index (Phi) is 7.34. The lowest BCUT2D eigenvalue weighted by Crippen LogP contribution is -2.39. The molecule has 0 radical (unpaired) electrons. The van der Waals surface area contributed by atoms with E-state index in [0.717, 1.165) is 17.3 Å². The molecule has 8 nitrogen and oxygen atoms in total. The molecule has 1 heterocycles. The van der Waals surface area contributed by atoms with Crippen molar-refractivity contribution in [2.75, 3.05) is 7.11 Å². The Bertz CT molecular complexity index is 1170. The minimum absolute atomic E-state index is 0.0138. The monoisotopic (exact) mass is 487 g/mol. The Morgan fingerprint density at radius 3 is 2.36 bits per heavy atom. The zero-order valence-corrected chi connectivity index (χ0v) is 20.6. The topological polar surface area (TPSA) is 112 Å². The van der Waals surface area contributed by atoms with E-state index in [1.165, 1.54) is 5.56 Å². The first-order valence-electron chi connectivity index (χ1n) is 10.2. The van der Waals surface area contributed by atoms with Crippen LogP contribution in [0.2, 0.25) is 5.02 Å². The number of primary amides is 1. The van der Waals surface area contributed by atoms with Gasteiger partial charge < -0.3 is 10.5 Å². The zero-order valence-electron chi connectivity index (χ0n) is 19.0. The van der Waals surface area contributed by atoms with Crippen molar-refractivity contribution in [1.82, 2.24) is 20.1 Å². The number of urea groups is 1. The first kappa shape index (κ1) is 24.6. The molecule has 1 aromatic heterocycles. The first-order chi connectivity index (χ1) is 15.5. The third-order valence-corrected chi connectivity index (χ3v) is 6.27. The summed E-state index contributed by atoms with van der Waals surface area (Å²) >= 11 is 7.53. The van der Waals surface area contributed by atoms with E-state index in [9.17, 15) is 9.59 Å². The summed E-state index contributed by atoms with van der Waals surface area (Å²) in [4.78, 5) is 23.3. The number of methoxy groups -OCH3 is 1. The molecule has 3 aromatic rings. The van der Waals surface area contributed by atoms with Crippen molar-refractivity contribution in [3.05, 3.63) is 53.1 Å². The van der Waals surface area contributed by atoms with E-state index in [1.807, 2.05) is 22.8 Å². The number of thioether (sulfide) groups is 1. The molecular weight excluding hydrogens is 462 g/mol. The summed E-state index contributed by atoms with van der Waals surface area (Å²) in [5, 5.41) is 11.0. The predicted molar refractivity (Wildman–Crippen MR) is 130 cm³/mol. The lowest BCUT2D eigenvalue weighted by Gasteiger charge is -2.19. The molecule has 0 spiro atoms. The van der Waals surface area contributed by atoms with Gasteiger partial charge in [0.25, 0.3) is 0 Å². The number of rotatable bonds is 6. The lowest BCUT2D eigenvalue weighted by molar-refractivity contribution is -0.119. The van der Waals surface area contributed by atoms with Gasteiger partial charge in [0, 0.05) is 5.56 Å². The van der Waals surface area contributed by atoms with Crippen LogP contribution in [0, 0.1) is 0 Å². The molecule has 0 bridgehead atoms. The third-order valence-electron chi connectivity index (χ3n) is 4.93. The van der Waals surface area contributed by atoms with Crippen molar-refractivity contribution in [1.29, 1.82) is 0 Å². The molecule has 0 aliphatic rings. The quantitative estimate of drug-likeness (QED) is 0.492. The van der Waals surface area contributed by atoms with Gasteiger partial charge in [-0.25, -0.2) is 4.79 Å². The molecule has 3 rings (SSSR count). The molecule has 0 saturated carbocycles. The maximum absolute atomic E-state index is 12.2. The van der Waals surface area contributed by atoms with E-state index in [1.54, 1.807) is 26.2 Å². The largest absolute Gasteiger partial charge is 0.495 e. The highest BCUT2D eigenvalue weighted by Crippen LogP contribution is 2.34. The summed E-state index contributed by atoms with van der Waals surface area (Å²) in [5.41, 5.74) is 7.83. The van der Waals surface area contributed by atoms with E-state index in [-0.39, 0.29) is 5.41 Å². The fourth-order valence-corrected chi connectivity index (χ4v) is 4.23. The van der Waals surface area contributed by atoms with E-state index in [2.05, 4.69) is 48.4 Å². The van der Waals surface area contributed by atoms with Crippen LogP contribution in [0.1, 0.15) is 33.3 Å². The summed E-state index contributed by atoms with van der Waals surface area (Å²) < 4.78 is 7.08. The smallest absolute Gasteiger partial charge is 0.318 e. The normalized spacial score (nSPS) is 12.3. The number of benzene rings is 2. The maximum Gasteiger partial charge on any atom is 0.318 e. The van der Waals surface area contributed by atoms with E-state index < -0.39 is 17.2 Å². The molecular formula is C23H26ClN5O3S. The number of hydrogen-bond acceptors (Lipinski definition) is 6. The van der Waals surface area contributed by atoms with Gasteiger partial charge >= 0.3 is 6.03 Å². The number of imide groups is 1. The van der Waals surface area contributed by atoms with E-state index in [4.69, 9.17) is 22.1 Å². The summed E-state index contributed by atoms with van der Waals surface area (Å²) in [6, 6.07) is 12.5. The predicted octanol–water partition coefficient (Wildman–Crippen LogP) is 4.57. The van der Waals surface area contributed by atoms with Gasteiger partial charge in [-0.15, -0.1) is 10.2 Å². The highest BCUT2D eigenvalue weighted by molar-refractivity contribution is 8.00. The Morgan fingerprint density at radius 1 is 1.15 bits per heavy atom. The number of carbonyl (C=O) groups excluding carboxylic acids is 2. The van der Waals surface area contributed by atoms with Crippen molar-refractivity contribution in [3.8, 4) is 22.8 Å². The number of hydrogen-bond donors (Lipinski definition) is 2. The number of aromatic nitrogens is 3. The SMILES string of the molecule is COc1ccc(-n2c(SC(C)C(=O)NC(N)=O)nnc2-c2ccc(C(C)(C)C)cc2)cc1Cl. The summed E-state index contributed by atoms with van der Waals surface area (Å²) in [6.07, 6.45) is 0. The molecule has 1 unspecified atom stereocenters. The van der Waals surface area contributed by atoms with Gasteiger partial charge in [-0.3, -0.25) is 14.7 Å². The highest BCUT2D eigenvalue weighted by Gasteiger charge is 2.23. The third kappa shape index (κ3) is 5.66. The number of nitrogens with two attached hydrogens (primary N) is 1. The maximum atomic E-state index is 12.2.